The van der Waals surface area contributed by atoms with E-state index in [4.69, 9.17) is 16.3 Å². The average molecular weight is 319 g/mol. The topological polar surface area (TPSA) is 63.6 Å². The Morgan fingerprint density at radius 1 is 1.45 bits per heavy atom. The number of aliphatic hydroxyl groups is 1. The third kappa shape index (κ3) is 3.45. The first-order chi connectivity index (χ1) is 9.44. The van der Waals surface area contributed by atoms with Gasteiger partial charge in [-0.3, -0.25) is 0 Å². The summed E-state index contributed by atoms with van der Waals surface area (Å²) in [4.78, 5) is 0. The van der Waals surface area contributed by atoms with E-state index in [0.717, 1.165) is 12.0 Å². The summed E-state index contributed by atoms with van der Waals surface area (Å²) in [7, 11) is -1.66. The highest BCUT2D eigenvalue weighted by molar-refractivity contribution is 7.92. The van der Waals surface area contributed by atoms with E-state index < -0.39 is 21.2 Å². The molecule has 1 aliphatic heterocycles. The van der Waals surface area contributed by atoms with Gasteiger partial charge in [0.1, 0.15) is 5.75 Å². The fourth-order valence-electron chi connectivity index (χ4n) is 2.67. The van der Waals surface area contributed by atoms with E-state index in [1.54, 1.807) is 18.2 Å². The fraction of sp³-hybridized carbons (Fsp3) is 0.571. The molecule has 112 valence electrons. The molecule has 20 heavy (non-hydrogen) atoms. The fourth-order valence-corrected chi connectivity index (χ4v) is 4.88. The maximum atomic E-state index is 12.0. The molecule has 6 heteroatoms. The minimum atomic E-state index is -3.20. The largest absolute Gasteiger partial charge is 0.496 e. The summed E-state index contributed by atoms with van der Waals surface area (Å²) >= 11 is 5.94. The van der Waals surface area contributed by atoms with Gasteiger partial charge in [-0.05, 0) is 36.6 Å². The number of hydrogen-bond acceptors (Lipinski definition) is 4. The smallest absolute Gasteiger partial charge is 0.155 e. The summed E-state index contributed by atoms with van der Waals surface area (Å²) in [5.41, 5.74) is 0.730. The number of sulfone groups is 1. The Labute approximate surface area is 124 Å². The van der Waals surface area contributed by atoms with Crippen LogP contribution >= 0.6 is 11.6 Å². The van der Waals surface area contributed by atoms with Crippen molar-refractivity contribution in [2.24, 2.45) is 0 Å². The van der Waals surface area contributed by atoms with Gasteiger partial charge in [-0.15, -0.1) is 0 Å². The lowest BCUT2D eigenvalue weighted by Gasteiger charge is -2.27. The zero-order valence-electron chi connectivity index (χ0n) is 11.4. The van der Waals surface area contributed by atoms with Gasteiger partial charge in [0.05, 0.1) is 24.2 Å². The molecule has 1 fully saturated rings. The predicted molar refractivity (Wildman–Crippen MR) is 79.1 cm³/mol. The zero-order valence-corrected chi connectivity index (χ0v) is 13.0. The van der Waals surface area contributed by atoms with Crippen LogP contribution in [0.5, 0.6) is 5.75 Å². The van der Waals surface area contributed by atoms with Crippen LogP contribution < -0.4 is 4.74 Å². The minimum Gasteiger partial charge on any atom is -0.496 e. The molecular weight excluding hydrogens is 300 g/mol. The summed E-state index contributed by atoms with van der Waals surface area (Å²) in [6.45, 7) is 0. The molecule has 0 radical (unpaired) electrons. The van der Waals surface area contributed by atoms with Gasteiger partial charge in [0.25, 0.3) is 0 Å². The molecule has 1 aromatic carbocycles. The molecule has 1 aliphatic rings. The van der Waals surface area contributed by atoms with Gasteiger partial charge in [0, 0.05) is 11.4 Å². The highest BCUT2D eigenvalue weighted by Gasteiger charge is 2.34. The number of hydrogen-bond donors (Lipinski definition) is 1. The Morgan fingerprint density at radius 3 is 2.85 bits per heavy atom. The number of benzene rings is 1. The van der Waals surface area contributed by atoms with Gasteiger partial charge in [0.15, 0.2) is 9.84 Å². The van der Waals surface area contributed by atoms with Gasteiger partial charge in [-0.1, -0.05) is 18.0 Å². The third-order valence-corrected chi connectivity index (χ3v) is 6.29. The molecule has 1 heterocycles. The summed E-state index contributed by atoms with van der Waals surface area (Å²) in [5.74, 6) is 0.781. The average Bonchev–Trinajstić information content (AvgIpc) is 2.38. The normalized spacial score (nSPS) is 23.2. The Bertz CT molecular complexity index is 571. The molecule has 0 aromatic heterocycles. The number of rotatable bonds is 4. The van der Waals surface area contributed by atoms with Crippen LogP contribution in [0.3, 0.4) is 0 Å². The van der Waals surface area contributed by atoms with Crippen molar-refractivity contribution < 1.29 is 18.3 Å². The number of ether oxygens (including phenoxy) is 1. The van der Waals surface area contributed by atoms with Crippen LogP contribution in [0, 0.1) is 0 Å². The van der Waals surface area contributed by atoms with Crippen LogP contribution in [0.15, 0.2) is 18.2 Å². The van der Waals surface area contributed by atoms with E-state index in [-0.39, 0.29) is 12.2 Å². The number of halogens is 1. The van der Waals surface area contributed by atoms with Crippen molar-refractivity contribution in [3.8, 4) is 5.75 Å². The Morgan fingerprint density at radius 2 is 2.20 bits per heavy atom. The number of aliphatic hydroxyl groups excluding tert-OH is 1. The van der Waals surface area contributed by atoms with Crippen LogP contribution in [0.2, 0.25) is 5.02 Å². The van der Waals surface area contributed by atoms with E-state index in [1.807, 2.05) is 0 Å². The second kappa shape index (κ2) is 6.33. The van der Waals surface area contributed by atoms with E-state index in [9.17, 15) is 13.5 Å². The molecule has 1 aromatic rings. The van der Waals surface area contributed by atoms with Gasteiger partial charge in [-0.2, -0.15) is 0 Å². The molecule has 0 amide bonds. The van der Waals surface area contributed by atoms with Crippen LogP contribution in [0.4, 0.5) is 0 Å². The third-order valence-electron chi connectivity index (χ3n) is 3.73. The van der Waals surface area contributed by atoms with E-state index in [0.29, 0.717) is 23.6 Å². The zero-order chi connectivity index (χ0) is 14.8. The molecule has 0 spiro atoms. The first-order valence-corrected chi connectivity index (χ1v) is 8.75. The summed E-state index contributed by atoms with van der Waals surface area (Å²) in [6.07, 6.45) is 1.35. The summed E-state index contributed by atoms with van der Waals surface area (Å²) < 4.78 is 29.3. The van der Waals surface area contributed by atoms with Crippen LogP contribution in [0.25, 0.3) is 0 Å². The molecule has 0 saturated carbocycles. The Hall–Kier alpha value is -0.780. The lowest BCUT2D eigenvalue weighted by molar-refractivity contribution is 0.161. The monoisotopic (exact) mass is 318 g/mol. The quantitative estimate of drug-likeness (QED) is 0.924. The second-order valence-electron chi connectivity index (χ2n) is 5.13. The molecular formula is C14H19ClO4S. The SMILES string of the molecule is COc1ccc(Cl)cc1CC(O)C1CCCCS1(=O)=O. The van der Waals surface area contributed by atoms with Gasteiger partial charge in [0.2, 0.25) is 0 Å². The van der Waals surface area contributed by atoms with Gasteiger partial charge >= 0.3 is 0 Å². The molecule has 0 bridgehead atoms. The van der Waals surface area contributed by atoms with Gasteiger partial charge < -0.3 is 9.84 Å². The van der Waals surface area contributed by atoms with Crippen LogP contribution in [0.1, 0.15) is 24.8 Å². The lowest BCUT2D eigenvalue weighted by Crippen LogP contribution is -2.39. The molecule has 1 saturated heterocycles. The maximum Gasteiger partial charge on any atom is 0.155 e. The van der Waals surface area contributed by atoms with Gasteiger partial charge in [-0.25, -0.2) is 8.42 Å². The number of methoxy groups -OCH3 is 1. The Kier molecular flexibility index (Phi) is 4.94. The van der Waals surface area contributed by atoms with E-state index in [1.165, 1.54) is 7.11 Å². The summed E-state index contributed by atoms with van der Waals surface area (Å²) in [5, 5.41) is 10.2. The van der Waals surface area contributed by atoms with E-state index in [2.05, 4.69) is 0 Å². The molecule has 2 rings (SSSR count). The van der Waals surface area contributed by atoms with Crippen molar-refractivity contribution in [2.75, 3.05) is 12.9 Å². The molecule has 2 atom stereocenters. The Balaban J connectivity index is 2.19. The van der Waals surface area contributed by atoms with E-state index >= 15 is 0 Å². The standard InChI is InChI=1S/C14H19ClO4S/c1-19-13-6-5-11(15)8-10(13)9-12(16)14-4-2-3-7-20(14,17)18/h5-6,8,12,14,16H,2-4,7,9H2,1H3. The van der Waals surface area contributed by atoms with Crippen molar-refractivity contribution in [3.63, 3.8) is 0 Å². The van der Waals surface area contributed by atoms with Crippen LogP contribution in [-0.4, -0.2) is 37.7 Å². The lowest BCUT2D eigenvalue weighted by atomic mass is 10.0. The molecule has 4 nitrogen and oxygen atoms in total. The minimum absolute atomic E-state index is 0.168. The van der Waals surface area contributed by atoms with Crippen molar-refractivity contribution in [1.29, 1.82) is 0 Å². The molecule has 2 unspecified atom stereocenters. The van der Waals surface area contributed by atoms with Crippen molar-refractivity contribution in [3.05, 3.63) is 28.8 Å². The first-order valence-electron chi connectivity index (χ1n) is 6.66. The molecule has 1 N–H and O–H groups in total. The second-order valence-corrected chi connectivity index (χ2v) is 7.90. The first kappa shape index (κ1) is 15.6. The maximum absolute atomic E-state index is 12.0. The summed E-state index contributed by atoms with van der Waals surface area (Å²) in [6, 6.07) is 5.13. The highest BCUT2D eigenvalue weighted by Crippen LogP contribution is 2.28. The van der Waals surface area contributed by atoms with Crippen molar-refractivity contribution >= 4 is 21.4 Å². The van der Waals surface area contributed by atoms with Crippen molar-refractivity contribution in [1.82, 2.24) is 0 Å². The molecule has 0 aliphatic carbocycles. The van der Waals surface area contributed by atoms with Crippen LogP contribution in [-0.2, 0) is 16.3 Å². The predicted octanol–water partition coefficient (Wildman–Crippen LogP) is 2.22. The highest BCUT2D eigenvalue weighted by atomic mass is 35.5. The van der Waals surface area contributed by atoms with Crippen molar-refractivity contribution in [2.45, 2.75) is 37.0 Å².